The number of alkyl halides is 3. The van der Waals surface area contributed by atoms with E-state index in [4.69, 9.17) is 11.6 Å². The summed E-state index contributed by atoms with van der Waals surface area (Å²) in [4.78, 5) is 20.4. The summed E-state index contributed by atoms with van der Waals surface area (Å²) in [6.07, 6.45) is -2.79. The van der Waals surface area contributed by atoms with Crippen molar-refractivity contribution >= 4 is 44.2 Å². The fourth-order valence-electron chi connectivity index (χ4n) is 2.95. The molecule has 0 unspecified atom stereocenters. The number of para-hydroxylation sites is 2. The maximum absolute atomic E-state index is 12.7. The number of fused-ring (bicyclic) bond motifs is 1. The minimum absolute atomic E-state index is 0.0601. The van der Waals surface area contributed by atoms with Crippen LogP contribution in [0.2, 0.25) is 5.02 Å². The molecule has 0 saturated carbocycles. The van der Waals surface area contributed by atoms with Crippen molar-refractivity contribution in [1.82, 2.24) is 19.9 Å². The number of carbonyl (C=O) groups is 1. The van der Waals surface area contributed by atoms with Crippen LogP contribution in [0.1, 0.15) is 11.4 Å². The van der Waals surface area contributed by atoms with Crippen LogP contribution in [-0.2, 0) is 33.1 Å². The lowest BCUT2D eigenvalue weighted by Crippen LogP contribution is -2.32. The molecule has 1 aromatic carbocycles. The summed E-state index contributed by atoms with van der Waals surface area (Å²) in [7, 11) is -3.37. The number of rotatable bonds is 8. The second-order valence-electron chi connectivity index (χ2n) is 7.00. The molecule has 2 N–H and O–H groups in total. The first-order chi connectivity index (χ1) is 14.9. The lowest BCUT2D eigenvalue weighted by atomic mass is 10.3. The summed E-state index contributed by atoms with van der Waals surface area (Å²) in [5.74, 6) is -0.391. The van der Waals surface area contributed by atoms with Crippen molar-refractivity contribution in [3.63, 3.8) is 0 Å². The average Bonchev–Trinajstić information content (AvgIpc) is 3.00. The maximum Gasteiger partial charge on any atom is 0.417 e. The summed E-state index contributed by atoms with van der Waals surface area (Å²) < 4.78 is 63.0. The molecule has 0 aliphatic carbocycles. The molecule has 0 aliphatic rings. The van der Waals surface area contributed by atoms with Gasteiger partial charge in [-0.2, -0.15) is 13.2 Å². The molecule has 3 aromatic rings. The van der Waals surface area contributed by atoms with Crippen LogP contribution < -0.4 is 10.6 Å². The standard InChI is InChI=1S/C19H19ClF3N5O3S/c1-32(30,31)11-16-27-14-4-2-3-5-15(14)28(16)10-17(29)24-6-7-25-18-13(20)8-12(9-26-18)19(21,22)23/h2-5,8-9H,6-7,10-11H2,1H3,(H,24,29)(H,25,26). The van der Waals surface area contributed by atoms with E-state index in [1.54, 1.807) is 24.3 Å². The van der Waals surface area contributed by atoms with Crippen LogP contribution in [0.15, 0.2) is 36.5 Å². The van der Waals surface area contributed by atoms with E-state index in [2.05, 4.69) is 20.6 Å². The fraction of sp³-hybridized carbons (Fsp3) is 0.316. The molecule has 0 radical (unpaired) electrons. The molecular weight excluding hydrogens is 471 g/mol. The number of pyridine rings is 1. The molecule has 0 saturated heterocycles. The zero-order valence-electron chi connectivity index (χ0n) is 16.8. The van der Waals surface area contributed by atoms with Gasteiger partial charge in [-0.15, -0.1) is 0 Å². The first-order valence-electron chi connectivity index (χ1n) is 9.29. The van der Waals surface area contributed by atoms with E-state index in [9.17, 15) is 26.4 Å². The van der Waals surface area contributed by atoms with Crippen molar-refractivity contribution in [2.45, 2.75) is 18.5 Å². The number of aromatic nitrogens is 3. The third kappa shape index (κ3) is 6.10. The predicted molar refractivity (Wildman–Crippen MR) is 114 cm³/mol. The lowest BCUT2D eigenvalue weighted by molar-refractivity contribution is -0.137. The molecule has 2 aromatic heterocycles. The highest BCUT2D eigenvalue weighted by Gasteiger charge is 2.31. The first-order valence-corrected chi connectivity index (χ1v) is 11.7. The van der Waals surface area contributed by atoms with Crippen molar-refractivity contribution in [1.29, 1.82) is 0 Å². The van der Waals surface area contributed by atoms with Crippen LogP contribution in [0.5, 0.6) is 0 Å². The van der Waals surface area contributed by atoms with Gasteiger partial charge in [0.1, 0.15) is 23.9 Å². The van der Waals surface area contributed by atoms with Gasteiger partial charge < -0.3 is 15.2 Å². The van der Waals surface area contributed by atoms with E-state index < -0.39 is 27.5 Å². The van der Waals surface area contributed by atoms with Gasteiger partial charge in [0.05, 0.1) is 21.6 Å². The number of halogens is 4. The summed E-state index contributed by atoms with van der Waals surface area (Å²) in [6, 6.07) is 7.74. The molecule has 1 amide bonds. The number of sulfone groups is 1. The van der Waals surface area contributed by atoms with Crippen LogP contribution in [0, 0.1) is 0 Å². The van der Waals surface area contributed by atoms with Gasteiger partial charge in [0, 0.05) is 25.5 Å². The third-order valence-electron chi connectivity index (χ3n) is 4.33. The van der Waals surface area contributed by atoms with E-state index in [0.717, 1.165) is 12.3 Å². The van der Waals surface area contributed by atoms with Crippen LogP contribution in [0.25, 0.3) is 11.0 Å². The maximum atomic E-state index is 12.7. The smallest absolute Gasteiger partial charge is 0.367 e. The molecule has 0 spiro atoms. The Morgan fingerprint density at radius 3 is 2.59 bits per heavy atom. The lowest BCUT2D eigenvalue weighted by Gasteiger charge is -2.12. The number of hydrogen-bond acceptors (Lipinski definition) is 6. The van der Waals surface area contributed by atoms with E-state index in [-0.39, 0.29) is 42.1 Å². The first kappa shape index (κ1) is 23.8. The Balaban J connectivity index is 1.60. The topological polar surface area (TPSA) is 106 Å². The van der Waals surface area contributed by atoms with E-state index >= 15 is 0 Å². The minimum atomic E-state index is -4.55. The largest absolute Gasteiger partial charge is 0.417 e. The zero-order valence-corrected chi connectivity index (χ0v) is 18.4. The van der Waals surface area contributed by atoms with Gasteiger partial charge in [0.25, 0.3) is 0 Å². The Kier molecular flexibility index (Phi) is 6.94. The molecular formula is C19H19ClF3N5O3S. The molecule has 0 aliphatic heterocycles. The number of imidazole rings is 1. The number of hydrogen-bond donors (Lipinski definition) is 2. The highest BCUT2D eigenvalue weighted by atomic mass is 35.5. The number of amides is 1. The Hall–Kier alpha value is -2.86. The van der Waals surface area contributed by atoms with Crippen molar-refractivity contribution in [3.8, 4) is 0 Å². The van der Waals surface area contributed by atoms with Gasteiger partial charge in [-0.3, -0.25) is 4.79 Å². The molecule has 13 heteroatoms. The summed E-state index contributed by atoms with van der Waals surface area (Å²) in [5, 5.41) is 5.21. The van der Waals surface area contributed by atoms with Gasteiger partial charge in [-0.25, -0.2) is 18.4 Å². The SMILES string of the molecule is CS(=O)(=O)Cc1nc2ccccc2n1CC(=O)NCCNc1ncc(C(F)(F)F)cc1Cl. The summed E-state index contributed by atoms with van der Waals surface area (Å²) in [6.45, 7) is 0.140. The van der Waals surface area contributed by atoms with Crippen molar-refractivity contribution < 1.29 is 26.4 Å². The highest BCUT2D eigenvalue weighted by molar-refractivity contribution is 7.89. The van der Waals surface area contributed by atoms with Crippen molar-refractivity contribution in [2.75, 3.05) is 24.7 Å². The number of anilines is 1. The summed E-state index contributed by atoms with van der Waals surface area (Å²) >= 11 is 5.83. The van der Waals surface area contributed by atoms with E-state index in [1.165, 1.54) is 4.57 Å². The second kappa shape index (κ2) is 9.33. The molecule has 0 atom stereocenters. The number of nitrogens with one attached hydrogen (secondary N) is 2. The van der Waals surface area contributed by atoms with Gasteiger partial charge in [-0.1, -0.05) is 23.7 Å². The van der Waals surface area contributed by atoms with Gasteiger partial charge in [-0.05, 0) is 18.2 Å². The van der Waals surface area contributed by atoms with E-state index in [0.29, 0.717) is 17.2 Å². The van der Waals surface area contributed by atoms with Gasteiger partial charge in [0.2, 0.25) is 5.91 Å². The Bertz CT molecular complexity index is 1240. The molecule has 0 bridgehead atoms. The predicted octanol–water partition coefficient (Wildman–Crippen LogP) is 2.88. The molecule has 2 heterocycles. The Labute approximate surface area is 186 Å². The van der Waals surface area contributed by atoms with Crippen molar-refractivity contribution in [3.05, 3.63) is 52.9 Å². The van der Waals surface area contributed by atoms with Crippen LogP contribution in [0.4, 0.5) is 19.0 Å². The quantitative estimate of drug-likeness (QED) is 0.471. The monoisotopic (exact) mass is 489 g/mol. The third-order valence-corrected chi connectivity index (χ3v) is 5.41. The Morgan fingerprint density at radius 2 is 1.94 bits per heavy atom. The number of carbonyl (C=O) groups excluding carboxylic acids is 1. The molecule has 172 valence electrons. The summed E-state index contributed by atoms with van der Waals surface area (Å²) in [5.41, 5.74) is 0.239. The number of nitrogens with zero attached hydrogens (tertiary/aromatic N) is 3. The average molecular weight is 490 g/mol. The minimum Gasteiger partial charge on any atom is -0.367 e. The number of benzene rings is 1. The molecule has 0 fully saturated rings. The second-order valence-corrected chi connectivity index (χ2v) is 9.55. The fourth-order valence-corrected chi connectivity index (χ4v) is 3.87. The van der Waals surface area contributed by atoms with Crippen LogP contribution in [-0.4, -0.2) is 48.2 Å². The zero-order chi connectivity index (χ0) is 23.5. The normalized spacial score (nSPS) is 12.2. The van der Waals surface area contributed by atoms with Gasteiger partial charge in [0.15, 0.2) is 9.84 Å². The highest BCUT2D eigenvalue weighted by Crippen LogP contribution is 2.32. The van der Waals surface area contributed by atoms with Crippen LogP contribution >= 0.6 is 11.6 Å². The van der Waals surface area contributed by atoms with Crippen LogP contribution in [0.3, 0.4) is 0 Å². The van der Waals surface area contributed by atoms with E-state index in [1.807, 2.05) is 0 Å². The van der Waals surface area contributed by atoms with Crippen molar-refractivity contribution in [2.24, 2.45) is 0 Å². The molecule has 3 rings (SSSR count). The van der Waals surface area contributed by atoms with Gasteiger partial charge >= 0.3 is 6.18 Å². The Morgan fingerprint density at radius 1 is 1.22 bits per heavy atom. The molecule has 32 heavy (non-hydrogen) atoms. The molecule has 8 nitrogen and oxygen atoms in total.